The van der Waals surface area contributed by atoms with Gasteiger partial charge in [0.1, 0.15) is 11.5 Å². The first-order valence-electron chi connectivity index (χ1n) is 8.60. The molecule has 2 aliphatic heterocycles. The highest BCUT2D eigenvalue weighted by Crippen LogP contribution is 2.47. The Bertz CT molecular complexity index is 987. The summed E-state index contributed by atoms with van der Waals surface area (Å²) in [7, 11) is 0. The molecular formula is C21H17N3O2. The molecule has 0 saturated carbocycles. The zero-order valence-electron chi connectivity index (χ0n) is 14.0. The Morgan fingerprint density at radius 2 is 1.96 bits per heavy atom. The van der Waals surface area contributed by atoms with E-state index in [2.05, 4.69) is 11.1 Å². The molecule has 5 nitrogen and oxygen atoms in total. The van der Waals surface area contributed by atoms with Crippen LogP contribution in [0.25, 0.3) is 0 Å². The quantitative estimate of drug-likeness (QED) is 0.763. The van der Waals surface area contributed by atoms with Crippen molar-refractivity contribution >= 4 is 5.71 Å². The molecule has 0 saturated heterocycles. The van der Waals surface area contributed by atoms with Gasteiger partial charge in [0.15, 0.2) is 0 Å². The van der Waals surface area contributed by atoms with Crippen LogP contribution in [-0.2, 0) is 0 Å². The lowest BCUT2D eigenvalue weighted by Crippen LogP contribution is -2.33. The molecule has 1 N–H and O–H groups in total. The molecule has 0 amide bonds. The summed E-state index contributed by atoms with van der Waals surface area (Å²) < 4.78 is 6.27. The van der Waals surface area contributed by atoms with Crippen molar-refractivity contribution in [2.75, 3.05) is 0 Å². The predicted octanol–water partition coefficient (Wildman–Crippen LogP) is 4.03. The Labute approximate surface area is 151 Å². The first-order chi connectivity index (χ1) is 12.8. The van der Waals surface area contributed by atoms with Gasteiger partial charge in [-0.1, -0.05) is 36.4 Å². The van der Waals surface area contributed by atoms with E-state index in [0.29, 0.717) is 0 Å². The number of phenols is 1. The fraction of sp³-hybridized carbons (Fsp3) is 0.143. The minimum absolute atomic E-state index is 0.0995. The molecule has 0 bridgehead atoms. The second kappa shape index (κ2) is 5.88. The van der Waals surface area contributed by atoms with E-state index in [1.807, 2.05) is 53.7 Å². The third-order valence-electron chi connectivity index (χ3n) is 4.85. The minimum Gasteiger partial charge on any atom is -0.508 e. The van der Waals surface area contributed by atoms with E-state index in [0.717, 1.165) is 34.6 Å². The van der Waals surface area contributed by atoms with Crippen LogP contribution in [0.1, 0.15) is 35.4 Å². The van der Waals surface area contributed by atoms with Crippen molar-refractivity contribution in [1.82, 2.24) is 9.99 Å². The topological polar surface area (TPSA) is 58.0 Å². The molecule has 26 heavy (non-hydrogen) atoms. The number of hydrogen-bond acceptors (Lipinski definition) is 5. The number of fused-ring (bicyclic) bond motifs is 3. The second-order valence-corrected chi connectivity index (χ2v) is 6.49. The summed E-state index contributed by atoms with van der Waals surface area (Å²) in [5.74, 6) is 1.13. The zero-order valence-corrected chi connectivity index (χ0v) is 14.0. The first-order valence-corrected chi connectivity index (χ1v) is 8.60. The number of benzene rings is 2. The van der Waals surface area contributed by atoms with Gasteiger partial charge in [0, 0.05) is 35.5 Å². The molecule has 5 heteroatoms. The summed E-state index contributed by atoms with van der Waals surface area (Å²) in [5.41, 5.74) is 3.97. The van der Waals surface area contributed by atoms with E-state index >= 15 is 0 Å². The van der Waals surface area contributed by atoms with E-state index in [-0.39, 0.29) is 18.0 Å². The van der Waals surface area contributed by atoms with Crippen LogP contribution in [0.15, 0.2) is 78.2 Å². The van der Waals surface area contributed by atoms with Crippen LogP contribution in [0.2, 0.25) is 0 Å². The highest BCUT2D eigenvalue weighted by Gasteiger charge is 2.40. The smallest absolute Gasteiger partial charge is 0.215 e. The number of pyridine rings is 1. The third kappa shape index (κ3) is 2.40. The molecule has 2 atom stereocenters. The highest BCUT2D eigenvalue weighted by molar-refractivity contribution is 6.02. The van der Waals surface area contributed by atoms with Crippen molar-refractivity contribution in [3.05, 3.63) is 89.7 Å². The van der Waals surface area contributed by atoms with Crippen LogP contribution in [-0.4, -0.2) is 20.8 Å². The molecule has 1 aromatic heterocycles. The second-order valence-electron chi connectivity index (χ2n) is 6.49. The van der Waals surface area contributed by atoms with Crippen molar-refractivity contribution < 1.29 is 9.84 Å². The van der Waals surface area contributed by atoms with Crippen LogP contribution >= 0.6 is 0 Å². The van der Waals surface area contributed by atoms with E-state index < -0.39 is 0 Å². The minimum atomic E-state index is -0.321. The molecule has 2 aliphatic rings. The van der Waals surface area contributed by atoms with Gasteiger partial charge in [0.05, 0.1) is 11.8 Å². The van der Waals surface area contributed by atoms with Crippen molar-refractivity contribution in [1.29, 1.82) is 0 Å². The fourth-order valence-electron chi connectivity index (χ4n) is 3.64. The summed E-state index contributed by atoms with van der Waals surface area (Å²) in [5, 5.41) is 16.7. The lowest BCUT2D eigenvalue weighted by Gasteiger charge is -2.38. The normalized spacial score (nSPS) is 20.8. The van der Waals surface area contributed by atoms with Gasteiger partial charge in [-0.3, -0.25) is 4.98 Å². The molecule has 0 aliphatic carbocycles. The molecule has 5 rings (SSSR count). The molecule has 2 aromatic carbocycles. The van der Waals surface area contributed by atoms with Crippen LogP contribution in [0.5, 0.6) is 11.5 Å². The summed E-state index contributed by atoms with van der Waals surface area (Å²) in [4.78, 5) is 4.23. The van der Waals surface area contributed by atoms with Gasteiger partial charge in [0.2, 0.25) is 6.23 Å². The van der Waals surface area contributed by atoms with Gasteiger partial charge in [-0.05, 0) is 24.3 Å². The molecule has 0 spiro atoms. The number of aromatic nitrogens is 1. The van der Waals surface area contributed by atoms with Crippen LogP contribution in [0.3, 0.4) is 0 Å². The summed E-state index contributed by atoms with van der Waals surface area (Å²) >= 11 is 0. The van der Waals surface area contributed by atoms with Crippen LogP contribution in [0.4, 0.5) is 0 Å². The summed E-state index contributed by atoms with van der Waals surface area (Å²) in [6.07, 6.45) is 4.01. The Morgan fingerprint density at radius 1 is 1.04 bits per heavy atom. The van der Waals surface area contributed by atoms with Gasteiger partial charge in [0.25, 0.3) is 0 Å². The Hall–Kier alpha value is -3.34. The van der Waals surface area contributed by atoms with E-state index in [1.165, 1.54) is 0 Å². The van der Waals surface area contributed by atoms with Gasteiger partial charge in [-0.2, -0.15) is 5.10 Å². The van der Waals surface area contributed by atoms with Gasteiger partial charge in [-0.15, -0.1) is 0 Å². The van der Waals surface area contributed by atoms with Crippen LogP contribution < -0.4 is 4.74 Å². The monoisotopic (exact) mass is 343 g/mol. The van der Waals surface area contributed by atoms with Crippen molar-refractivity contribution in [2.24, 2.45) is 5.10 Å². The zero-order chi connectivity index (χ0) is 17.5. The van der Waals surface area contributed by atoms with E-state index in [1.54, 1.807) is 18.3 Å². The maximum Gasteiger partial charge on any atom is 0.215 e. The van der Waals surface area contributed by atoms with E-state index in [9.17, 15) is 5.11 Å². The number of nitrogens with zero attached hydrogens (tertiary/aromatic N) is 3. The lowest BCUT2D eigenvalue weighted by molar-refractivity contribution is -0.0192. The Kier molecular flexibility index (Phi) is 3.38. The number of rotatable bonds is 2. The fourth-order valence-corrected chi connectivity index (χ4v) is 3.64. The summed E-state index contributed by atoms with van der Waals surface area (Å²) in [6.45, 7) is 0. The number of phenolic OH excluding ortho intramolecular Hbond substituents is 1. The SMILES string of the molecule is Oc1cccc(C2=NN3[C@H](C2)c2ccccc2O[C@H]3c2cccnc2)c1. The molecular weight excluding hydrogens is 326 g/mol. The number of hydrogen-bond donors (Lipinski definition) is 1. The van der Waals surface area contributed by atoms with Gasteiger partial charge < -0.3 is 9.84 Å². The van der Waals surface area contributed by atoms with Crippen LogP contribution in [0, 0.1) is 0 Å². The molecule has 0 radical (unpaired) electrons. The molecule has 0 fully saturated rings. The molecule has 0 unspecified atom stereocenters. The maximum absolute atomic E-state index is 9.82. The van der Waals surface area contributed by atoms with Crippen molar-refractivity contribution in [3.63, 3.8) is 0 Å². The number of ether oxygens (including phenoxy) is 1. The van der Waals surface area contributed by atoms with Crippen molar-refractivity contribution in [3.8, 4) is 11.5 Å². The first kappa shape index (κ1) is 15.0. The average Bonchev–Trinajstić information content (AvgIpc) is 3.14. The third-order valence-corrected chi connectivity index (χ3v) is 4.85. The largest absolute Gasteiger partial charge is 0.508 e. The average molecular weight is 343 g/mol. The number of aromatic hydroxyl groups is 1. The predicted molar refractivity (Wildman–Crippen MR) is 97.9 cm³/mol. The number of hydrazone groups is 1. The standard InChI is InChI=1S/C21H17N3O2/c25-16-7-3-5-14(11-16)18-12-19-17-8-1-2-9-20(17)26-21(24(19)23-18)15-6-4-10-22-13-15/h1-11,13,19,21,25H,12H2/t19-,21+/m1/s1. The Morgan fingerprint density at radius 3 is 2.81 bits per heavy atom. The molecule has 3 heterocycles. The summed E-state index contributed by atoms with van der Waals surface area (Å²) in [6, 6.07) is 19.4. The van der Waals surface area contributed by atoms with Gasteiger partial charge >= 0.3 is 0 Å². The van der Waals surface area contributed by atoms with Gasteiger partial charge in [-0.25, -0.2) is 5.01 Å². The molecule has 128 valence electrons. The van der Waals surface area contributed by atoms with E-state index in [4.69, 9.17) is 9.84 Å². The maximum atomic E-state index is 9.82. The Balaban J connectivity index is 1.60. The molecule has 3 aromatic rings. The number of para-hydroxylation sites is 1. The highest BCUT2D eigenvalue weighted by atomic mass is 16.5. The lowest BCUT2D eigenvalue weighted by atomic mass is 9.96. The van der Waals surface area contributed by atoms with Crippen molar-refractivity contribution in [2.45, 2.75) is 18.7 Å².